The summed E-state index contributed by atoms with van der Waals surface area (Å²) in [6.45, 7) is 0. The van der Waals surface area contributed by atoms with Crippen molar-refractivity contribution in [1.29, 1.82) is 0 Å². The van der Waals surface area contributed by atoms with Gasteiger partial charge in [0.25, 0.3) is 0 Å². The van der Waals surface area contributed by atoms with Crippen molar-refractivity contribution in [3.8, 4) is 0 Å². The summed E-state index contributed by atoms with van der Waals surface area (Å²) >= 11 is 1.40. The maximum atomic E-state index is 9.87. The molecule has 0 unspecified atom stereocenters. The normalized spacial score (nSPS) is 9.33. The second-order valence-electron chi connectivity index (χ2n) is 2.02. The van der Waals surface area contributed by atoms with E-state index in [0.717, 1.165) is 4.90 Å². The van der Waals surface area contributed by atoms with Gasteiger partial charge in [-0.3, -0.25) is 0 Å². The Kier molecular flexibility index (Phi) is 3.40. The van der Waals surface area contributed by atoms with E-state index in [1.165, 1.54) is 11.8 Å². The van der Waals surface area contributed by atoms with Crippen molar-refractivity contribution < 1.29 is 5.03 Å². The Labute approximate surface area is 74.1 Å². The topological polar surface area (TPSA) is 55.2 Å². The van der Waals surface area contributed by atoms with Gasteiger partial charge in [-0.2, -0.15) is 0 Å². The van der Waals surface area contributed by atoms with Gasteiger partial charge < -0.3 is 0 Å². The summed E-state index contributed by atoms with van der Waals surface area (Å²) in [5.74, 6) is 0.289. The maximum absolute atomic E-state index is 9.87. The van der Waals surface area contributed by atoms with Crippen molar-refractivity contribution in [1.82, 2.24) is 5.43 Å². The van der Waals surface area contributed by atoms with Crippen molar-refractivity contribution in [2.45, 2.75) is 4.90 Å². The van der Waals surface area contributed by atoms with E-state index in [0.29, 0.717) is 0 Å². The summed E-state index contributed by atoms with van der Waals surface area (Å²) in [5.41, 5.74) is 2.08. The molecule has 5 heteroatoms. The van der Waals surface area contributed by atoms with E-state index in [1.807, 2.05) is 30.3 Å². The third kappa shape index (κ3) is 3.25. The highest BCUT2D eigenvalue weighted by molar-refractivity contribution is 7.99. The number of hydrogen-bond donors (Lipinski definition) is 1. The Hall–Kier alpha value is -1.23. The molecule has 64 valence electrons. The zero-order valence-electron chi connectivity index (χ0n) is 6.27. The predicted molar refractivity (Wildman–Crippen MR) is 47.3 cm³/mol. The van der Waals surface area contributed by atoms with E-state index in [4.69, 9.17) is 0 Å². The van der Waals surface area contributed by atoms with Gasteiger partial charge in [-0.15, -0.1) is 5.43 Å². The smallest absolute Gasteiger partial charge is 0.158 e. The minimum Gasteiger partial charge on any atom is -0.235 e. The maximum Gasteiger partial charge on any atom is 0.158 e. The van der Waals surface area contributed by atoms with Crippen LogP contribution in [-0.2, 0) is 0 Å². The van der Waals surface area contributed by atoms with E-state index < -0.39 is 5.03 Å². The number of nitrogens with zero attached hydrogens (tertiary/aromatic N) is 1. The van der Waals surface area contributed by atoms with Crippen LogP contribution in [-0.4, -0.2) is 10.9 Å². The fourth-order valence-electron chi connectivity index (χ4n) is 0.685. The number of benzene rings is 1. The van der Waals surface area contributed by atoms with Crippen molar-refractivity contribution in [3.05, 3.63) is 40.4 Å². The van der Waals surface area contributed by atoms with Crippen LogP contribution in [0.2, 0.25) is 0 Å². The molecule has 1 rings (SSSR count). The molecule has 0 aliphatic heterocycles. The zero-order valence-corrected chi connectivity index (χ0v) is 7.08. The van der Waals surface area contributed by atoms with Crippen molar-refractivity contribution in [2.24, 2.45) is 0 Å². The van der Waals surface area contributed by atoms with E-state index in [1.54, 1.807) is 0 Å². The summed E-state index contributed by atoms with van der Waals surface area (Å²) in [5, 5.41) is 9.32. The standard InChI is InChI=1S/C7H8N2O2S/c10-9(11)8-6-12-7-4-2-1-3-5-7/h1-5,8H,6H2. The number of thioether (sulfide) groups is 1. The number of hydrogen-bond acceptors (Lipinski definition) is 3. The predicted octanol–water partition coefficient (Wildman–Crippen LogP) is 1.52. The molecule has 0 spiro atoms. The highest BCUT2D eigenvalue weighted by atomic mass is 32.2. The lowest BCUT2D eigenvalue weighted by atomic mass is 10.4. The second-order valence-corrected chi connectivity index (χ2v) is 3.07. The number of rotatable bonds is 4. The van der Waals surface area contributed by atoms with Gasteiger partial charge in [-0.05, 0) is 12.1 Å². The molecular weight excluding hydrogens is 176 g/mol. The number of nitro groups is 1. The van der Waals surface area contributed by atoms with Crippen molar-refractivity contribution >= 4 is 11.8 Å². The number of hydrazine groups is 1. The fourth-order valence-corrected chi connectivity index (χ4v) is 1.37. The molecule has 0 amide bonds. The van der Waals surface area contributed by atoms with Crippen LogP contribution >= 0.6 is 11.8 Å². The second kappa shape index (κ2) is 4.61. The third-order valence-corrected chi connectivity index (χ3v) is 2.05. The summed E-state index contributed by atoms with van der Waals surface area (Å²) in [4.78, 5) is 10.9. The van der Waals surface area contributed by atoms with Gasteiger partial charge in [-0.25, -0.2) is 10.1 Å². The van der Waals surface area contributed by atoms with E-state index in [-0.39, 0.29) is 5.88 Å². The molecule has 12 heavy (non-hydrogen) atoms. The monoisotopic (exact) mass is 184 g/mol. The summed E-state index contributed by atoms with van der Waals surface area (Å²) in [6.07, 6.45) is 0. The molecule has 0 saturated carbocycles. The Bertz CT molecular complexity index is 253. The molecule has 1 aromatic rings. The summed E-state index contributed by atoms with van der Waals surface area (Å²) in [6, 6.07) is 9.52. The SMILES string of the molecule is O=[N+]([O-])NCSc1ccccc1. The summed E-state index contributed by atoms with van der Waals surface area (Å²) < 4.78 is 0. The van der Waals surface area contributed by atoms with Crippen LogP contribution in [0.5, 0.6) is 0 Å². The molecular formula is C7H8N2O2S. The highest BCUT2D eigenvalue weighted by Crippen LogP contribution is 2.14. The van der Waals surface area contributed by atoms with Crippen LogP contribution in [0.3, 0.4) is 0 Å². The zero-order chi connectivity index (χ0) is 8.81. The first kappa shape index (κ1) is 8.86. The van der Waals surface area contributed by atoms with Gasteiger partial charge in [0.2, 0.25) is 0 Å². The van der Waals surface area contributed by atoms with E-state index in [2.05, 4.69) is 5.43 Å². The first-order chi connectivity index (χ1) is 5.79. The highest BCUT2D eigenvalue weighted by Gasteiger charge is 1.94. The molecule has 0 aromatic heterocycles. The molecule has 0 aliphatic carbocycles. The van der Waals surface area contributed by atoms with Crippen LogP contribution in [0.4, 0.5) is 0 Å². The average molecular weight is 184 g/mol. The van der Waals surface area contributed by atoms with Gasteiger partial charge >= 0.3 is 0 Å². The van der Waals surface area contributed by atoms with Crippen LogP contribution in [0.15, 0.2) is 35.2 Å². The molecule has 0 bridgehead atoms. The van der Waals surface area contributed by atoms with Crippen LogP contribution in [0.25, 0.3) is 0 Å². The van der Waals surface area contributed by atoms with Crippen LogP contribution in [0.1, 0.15) is 0 Å². The Morgan fingerprint density at radius 2 is 2.08 bits per heavy atom. The molecule has 0 aliphatic rings. The first-order valence-corrected chi connectivity index (χ1v) is 4.33. The fraction of sp³-hybridized carbons (Fsp3) is 0.143. The third-order valence-electron chi connectivity index (χ3n) is 1.18. The largest absolute Gasteiger partial charge is 0.235 e. The van der Waals surface area contributed by atoms with Gasteiger partial charge in [0.05, 0.1) is 0 Å². The molecule has 0 atom stereocenters. The molecule has 0 radical (unpaired) electrons. The van der Waals surface area contributed by atoms with Crippen LogP contribution in [0, 0.1) is 10.1 Å². The molecule has 1 aromatic carbocycles. The average Bonchev–Trinajstić information content (AvgIpc) is 2.05. The molecule has 0 fully saturated rings. The van der Waals surface area contributed by atoms with Gasteiger partial charge in [0.1, 0.15) is 5.88 Å². The quantitative estimate of drug-likeness (QED) is 0.333. The number of nitrogens with one attached hydrogen (secondary N) is 1. The summed E-state index contributed by atoms with van der Waals surface area (Å²) in [7, 11) is 0. The van der Waals surface area contributed by atoms with Gasteiger partial charge in [0.15, 0.2) is 5.03 Å². The molecule has 1 N–H and O–H groups in total. The molecule has 4 nitrogen and oxygen atoms in total. The van der Waals surface area contributed by atoms with Gasteiger partial charge in [0, 0.05) is 4.90 Å². The van der Waals surface area contributed by atoms with E-state index in [9.17, 15) is 10.1 Å². The Morgan fingerprint density at radius 3 is 2.67 bits per heavy atom. The minimum atomic E-state index is -0.546. The lowest BCUT2D eigenvalue weighted by molar-refractivity contribution is -0.540. The first-order valence-electron chi connectivity index (χ1n) is 3.35. The lowest BCUT2D eigenvalue weighted by Crippen LogP contribution is -2.20. The molecule has 0 saturated heterocycles. The van der Waals surface area contributed by atoms with Crippen molar-refractivity contribution in [2.75, 3.05) is 5.88 Å². The van der Waals surface area contributed by atoms with E-state index >= 15 is 0 Å². The molecule has 0 heterocycles. The van der Waals surface area contributed by atoms with Crippen molar-refractivity contribution in [3.63, 3.8) is 0 Å². The van der Waals surface area contributed by atoms with Gasteiger partial charge in [-0.1, -0.05) is 30.0 Å². The lowest BCUT2D eigenvalue weighted by Gasteiger charge is -1.97. The Balaban J connectivity index is 2.29. The Morgan fingerprint density at radius 1 is 1.42 bits per heavy atom. The van der Waals surface area contributed by atoms with Crippen LogP contribution < -0.4 is 5.43 Å². The minimum absolute atomic E-state index is 0.289.